The lowest BCUT2D eigenvalue weighted by molar-refractivity contribution is -0.123. The molecule has 6 heteroatoms. The summed E-state index contributed by atoms with van der Waals surface area (Å²) in [4.78, 5) is 23.6. The number of nitrogens with one attached hydrogen (secondary N) is 2. The van der Waals surface area contributed by atoms with E-state index in [1.165, 1.54) is 19.3 Å². The molecule has 0 saturated heterocycles. The van der Waals surface area contributed by atoms with Gasteiger partial charge in [0.2, 0.25) is 0 Å². The topological polar surface area (TPSA) is 93.4 Å². The molecule has 0 bridgehead atoms. The van der Waals surface area contributed by atoms with Crippen LogP contribution >= 0.6 is 0 Å². The minimum absolute atomic E-state index is 0.374. The van der Waals surface area contributed by atoms with Gasteiger partial charge in [-0.25, -0.2) is 10.6 Å². The van der Waals surface area contributed by atoms with Gasteiger partial charge in [0.25, 0.3) is 5.91 Å². The van der Waals surface area contributed by atoms with Gasteiger partial charge in [-0.05, 0) is 33.1 Å². The van der Waals surface area contributed by atoms with Crippen molar-refractivity contribution >= 4 is 12.0 Å². The molecule has 1 saturated carbocycles. The first-order valence-corrected chi connectivity index (χ1v) is 7.32. The lowest BCUT2D eigenvalue weighted by Gasteiger charge is -2.27. The van der Waals surface area contributed by atoms with Gasteiger partial charge >= 0.3 is 6.09 Å². The van der Waals surface area contributed by atoms with Crippen molar-refractivity contribution in [3.8, 4) is 0 Å². The van der Waals surface area contributed by atoms with E-state index in [0.717, 1.165) is 12.8 Å². The van der Waals surface area contributed by atoms with Gasteiger partial charge in [-0.15, -0.1) is 0 Å². The number of amides is 2. The van der Waals surface area contributed by atoms with Gasteiger partial charge in [-0.3, -0.25) is 10.2 Å². The van der Waals surface area contributed by atoms with Crippen LogP contribution < -0.4 is 16.6 Å². The van der Waals surface area contributed by atoms with Gasteiger partial charge in [0.1, 0.15) is 11.6 Å². The van der Waals surface area contributed by atoms with Crippen molar-refractivity contribution in [2.45, 2.75) is 70.9 Å². The highest BCUT2D eigenvalue weighted by molar-refractivity contribution is 5.85. The van der Waals surface area contributed by atoms with Crippen molar-refractivity contribution in [3.05, 3.63) is 0 Å². The quantitative estimate of drug-likeness (QED) is 0.417. The molecular formula is C14H27N3O3. The molecule has 0 aromatic heterocycles. The number of carbonyl (C=O) groups excluding carboxylic acids is 2. The lowest BCUT2D eigenvalue weighted by atomic mass is 9.84. The van der Waals surface area contributed by atoms with E-state index in [0.29, 0.717) is 12.3 Å². The van der Waals surface area contributed by atoms with Crippen LogP contribution in [0.25, 0.3) is 0 Å². The highest BCUT2D eigenvalue weighted by atomic mass is 16.6. The lowest BCUT2D eigenvalue weighted by Crippen LogP contribution is -2.50. The van der Waals surface area contributed by atoms with Crippen LogP contribution in [-0.2, 0) is 9.53 Å². The van der Waals surface area contributed by atoms with Crippen molar-refractivity contribution in [1.29, 1.82) is 0 Å². The summed E-state index contributed by atoms with van der Waals surface area (Å²) >= 11 is 0. The Morgan fingerprint density at radius 2 is 1.85 bits per heavy atom. The molecule has 0 aliphatic heterocycles. The zero-order valence-corrected chi connectivity index (χ0v) is 12.7. The zero-order chi connectivity index (χ0) is 15.2. The molecule has 0 radical (unpaired) electrons. The molecule has 4 N–H and O–H groups in total. The predicted molar refractivity (Wildman–Crippen MR) is 76.7 cm³/mol. The van der Waals surface area contributed by atoms with E-state index < -0.39 is 17.7 Å². The fraction of sp³-hybridized carbons (Fsp3) is 0.857. The third kappa shape index (κ3) is 6.23. The van der Waals surface area contributed by atoms with Gasteiger partial charge in [0.15, 0.2) is 0 Å². The van der Waals surface area contributed by atoms with Crippen LogP contribution in [0, 0.1) is 5.92 Å². The van der Waals surface area contributed by atoms with E-state index in [1.807, 2.05) is 0 Å². The average Bonchev–Trinajstić information content (AvgIpc) is 2.36. The van der Waals surface area contributed by atoms with Crippen molar-refractivity contribution in [1.82, 2.24) is 10.7 Å². The summed E-state index contributed by atoms with van der Waals surface area (Å²) in [5.41, 5.74) is 1.53. The number of hydrogen-bond donors (Lipinski definition) is 3. The van der Waals surface area contributed by atoms with Gasteiger partial charge in [0, 0.05) is 0 Å². The van der Waals surface area contributed by atoms with E-state index >= 15 is 0 Å². The Labute approximate surface area is 120 Å². The Bertz CT molecular complexity index is 333. The molecule has 2 amide bonds. The number of ether oxygens (including phenoxy) is 1. The standard InChI is InChI=1S/C14H27N3O3/c1-14(2,3)20-13(19)16-11(12(18)17-15)9-10-7-5-4-6-8-10/h10-11H,4-9,15H2,1-3H3,(H,16,19)(H,17,18). The van der Waals surface area contributed by atoms with Crippen LogP contribution in [0.4, 0.5) is 4.79 Å². The number of alkyl carbamates (subject to hydrolysis) is 1. The summed E-state index contributed by atoms with van der Waals surface area (Å²) in [7, 11) is 0. The number of hydrogen-bond acceptors (Lipinski definition) is 4. The Kier molecular flexibility index (Phi) is 6.26. The second-order valence-electron chi connectivity index (χ2n) is 6.45. The molecule has 1 unspecified atom stereocenters. The highest BCUT2D eigenvalue weighted by Gasteiger charge is 2.27. The van der Waals surface area contributed by atoms with Gasteiger partial charge in [-0.1, -0.05) is 32.1 Å². The van der Waals surface area contributed by atoms with E-state index in [1.54, 1.807) is 20.8 Å². The van der Waals surface area contributed by atoms with Crippen LogP contribution in [-0.4, -0.2) is 23.6 Å². The summed E-state index contributed by atoms with van der Waals surface area (Å²) in [6.07, 6.45) is 5.87. The van der Waals surface area contributed by atoms with E-state index in [9.17, 15) is 9.59 Å². The first-order valence-electron chi connectivity index (χ1n) is 7.32. The van der Waals surface area contributed by atoms with Crippen LogP contribution in [0.3, 0.4) is 0 Å². The maximum absolute atomic E-state index is 11.8. The zero-order valence-electron chi connectivity index (χ0n) is 12.7. The minimum Gasteiger partial charge on any atom is -0.444 e. The number of rotatable bonds is 4. The van der Waals surface area contributed by atoms with Crippen LogP contribution in [0.1, 0.15) is 59.3 Å². The third-order valence-electron chi connectivity index (χ3n) is 3.44. The van der Waals surface area contributed by atoms with Crippen molar-refractivity contribution in [3.63, 3.8) is 0 Å². The third-order valence-corrected chi connectivity index (χ3v) is 3.44. The van der Waals surface area contributed by atoms with Crippen LogP contribution in [0.5, 0.6) is 0 Å². The van der Waals surface area contributed by atoms with Crippen molar-refractivity contribution in [2.24, 2.45) is 11.8 Å². The van der Waals surface area contributed by atoms with Gasteiger partial charge in [0.05, 0.1) is 0 Å². The smallest absolute Gasteiger partial charge is 0.408 e. The molecule has 0 aromatic rings. The number of nitrogens with two attached hydrogens (primary N) is 1. The molecule has 1 rings (SSSR count). The summed E-state index contributed by atoms with van der Waals surface area (Å²) < 4.78 is 5.18. The van der Waals surface area contributed by atoms with Gasteiger partial charge < -0.3 is 10.1 Å². The predicted octanol–water partition coefficient (Wildman–Crippen LogP) is 1.84. The molecule has 1 atom stereocenters. The number of carbonyl (C=O) groups is 2. The molecule has 0 heterocycles. The monoisotopic (exact) mass is 285 g/mol. The molecule has 0 aromatic carbocycles. The summed E-state index contributed by atoms with van der Waals surface area (Å²) in [6, 6.07) is -0.627. The largest absolute Gasteiger partial charge is 0.444 e. The normalized spacial score (nSPS) is 18.2. The molecular weight excluding hydrogens is 258 g/mol. The molecule has 6 nitrogen and oxygen atoms in total. The Morgan fingerprint density at radius 3 is 2.35 bits per heavy atom. The highest BCUT2D eigenvalue weighted by Crippen LogP contribution is 2.27. The number of hydrazine groups is 1. The Morgan fingerprint density at radius 1 is 1.25 bits per heavy atom. The molecule has 0 spiro atoms. The summed E-state index contributed by atoms with van der Waals surface area (Å²) in [5.74, 6) is 5.27. The fourth-order valence-corrected chi connectivity index (χ4v) is 2.54. The van der Waals surface area contributed by atoms with Gasteiger partial charge in [-0.2, -0.15) is 0 Å². The second-order valence-corrected chi connectivity index (χ2v) is 6.45. The Balaban J connectivity index is 2.55. The van der Waals surface area contributed by atoms with E-state index in [2.05, 4.69) is 10.7 Å². The minimum atomic E-state index is -0.627. The average molecular weight is 285 g/mol. The molecule has 1 aliphatic rings. The first-order chi connectivity index (χ1) is 9.31. The van der Waals surface area contributed by atoms with Crippen LogP contribution in [0.15, 0.2) is 0 Å². The molecule has 20 heavy (non-hydrogen) atoms. The molecule has 1 fully saturated rings. The SMILES string of the molecule is CC(C)(C)OC(=O)NC(CC1CCCCC1)C(=O)NN. The van der Waals surface area contributed by atoms with Crippen molar-refractivity contribution < 1.29 is 14.3 Å². The van der Waals surface area contributed by atoms with Crippen molar-refractivity contribution in [2.75, 3.05) is 0 Å². The van der Waals surface area contributed by atoms with E-state index in [4.69, 9.17) is 10.6 Å². The summed E-state index contributed by atoms with van der Waals surface area (Å²) in [5, 5.41) is 2.62. The maximum atomic E-state index is 11.8. The molecule has 116 valence electrons. The van der Waals surface area contributed by atoms with E-state index in [-0.39, 0.29) is 5.91 Å². The second kappa shape index (κ2) is 7.47. The maximum Gasteiger partial charge on any atom is 0.408 e. The molecule has 1 aliphatic carbocycles. The fourth-order valence-electron chi connectivity index (χ4n) is 2.54. The first kappa shape index (κ1) is 16.8. The van der Waals surface area contributed by atoms with Crippen LogP contribution in [0.2, 0.25) is 0 Å². The summed E-state index contributed by atoms with van der Waals surface area (Å²) in [6.45, 7) is 5.35. The Hall–Kier alpha value is -1.30.